The van der Waals surface area contributed by atoms with Crippen LogP contribution in [-0.2, 0) is 26.2 Å². The lowest BCUT2D eigenvalue weighted by Crippen LogP contribution is -2.55. The highest BCUT2D eigenvalue weighted by atomic mass is 16.3. The summed E-state index contributed by atoms with van der Waals surface area (Å²) in [7, 11) is 0. The Kier molecular flexibility index (Phi) is 8.43. The van der Waals surface area contributed by atoms with Gasteiger partial charge in [0.05, 0.1) is 0 Å². The zero-order valence-corrected chi connectivity index (χ0v) is 24.2. The van der Waals surface area contributed by atoms with E-state index >= 15 is 0 Å². The van der Waals surface area contributed by atoms with Crippen LogP contribution >= 0.6 is 0 Å². The summed E-state index contributed by atoms with van der Waals surface area (Å²) in [5.41, 5.74) is 7.63. The van der Waals surface area contributed by atoms with Gasteiger partial charge < -0.3 is 9.59 Å². The summed E-state index contributed by atoms with van der Waals surface area (Å²) in [5.74, 6) is 0. The van der Waals surface area contributed by atoms with E-state index in [9.17, 15) is 5.11 Å². The van der Waals surface area contributed by atoms with Gasteiger partial charge in [-0.25, -0.2) is 0 Å². The zero-order chi connectivity index (χ0) is 28.7. The maximum atomic E-state index is 12.2. The number of fused-ring (bicyclic) bond motifs is 1. The predicted molar refractivity (Wildman–Crippen MR) is 174 cm³/mol. The highest BCUT2D eigenvalue weighted by Gasteiger charge is 2.40. The summed E-state index contributed by atoms with van der Waals surface area (Å²) in [6.45, 7) is 4.58. The molecule has 0 radical (unpaired) electrons. The largest absolute Gasteiger partial charge is 0.382 e. The second kappa shape index (κ2) is 12.7. The minimum absolute atomic E-state index is 0.527. The van der Waals surface area contributed by atoms with Gasteiger partial charge in [0.2, 0.25) is 0 Å². The van der Waals surface area contributed by atoms with Crippen LogP contribution in [0.4, 0.5) is 5.69 Å². The van der Waals surface area contributed by atoms with Crippen LogP contribution in [0.25, 0.3) is 6.08 Å². The summed E-state index contributed by atoms with van der Waals surface area (Å²) in [6.07, 6.45) is 3.99. The third kappa shape index (κ3) is 6.61. The van der Waals surface area contributed by atoms with E-state index in [1.54, 1.807) is 0 Å². The van der Waals surface area contributed by atoms with Crippen molar-refractivity contribution in [2.75, 3.05) is 13.1 Å². The van der Waals surface area contributed by atoms with Crippen LogP contribution in [0.1, 0.15) is 27.8 Å². The van der Waals surface area contributed by atoms with E-state index in [4.69, 9.17) is 0 Å². The molecule has 0 aliphatic carbocycles. The first-order valence-electron chi connectivity index (χ1n) is 15.0. The monoisotopic (exact) mass is 552 g/mol. The highest BCUT2D eigenvalue weighted by Crippen LogP contribution is 2.38. The van der Waals surface area contributed by atoms with Crippen LogP contribution in [0.15, 0.2) is 152 Å². The Hall–Kier alpha value is -4.28. The van der Waals surface area contributed by atoms with E-state index in [0.29, 0.717) is 17.6 Å². The lowest BCUT2D eigenvalue weighted by Gasteiger charge is -2.42. The van der Waals surface area contributed by atoms with Crippen molar-refractivity contribution >= 4 is 11.8 Å². The fourth-order valence-corrected chi connectivity index (χ4v) is 6.76. The molecule has 0 fully saturated rings. The van der Waals surface area contributed by atoms with Gasteiger partial charge in [0.25, 0.3) is 0 Å². The molecule has 5 aromatic carbocycles. The number of benzene rings is 5. The molecule has 5 aromatic rings. The number of nitrogens with zero attached hydrogens (tertiary/aromatic N) is 2. The van der Waals surface area contributed by atoms with Gasteiger partial charge >= 0.3 is 0 Å². The minimum atomic E-state index is -0.527. The fourth-order valence-electron chi connectivity index (χ4n) is 6.76. The Morgan fingerprint density at radius 1 is 0.524 bits per heavy atom. The molecule has 0 amide bonds. The van der Waals surface area contributed by atoms with Crippen molar-refractivity contribution in [1.82, 2.24) is 4.48 Å². The van der Waals surface area contributed by atoms with Crippen LogP contribution < -0.4 is 4.48 Å². The van der Waals surface area contributed by atoms with Gasteiger partial charge in [0.15, 0.2) is 6.10 Å². The molecule has 2 atom stereocenters. The Morgan fingerprint density at radius 2 is 0.952 bits per heavy atom. The number of quaternary nitrogens is 2. The van der Waals surface area contributed by atoms with E-state index in [0.717, 1.165) is 30.7 Å². The molecule has 3 nitrogen and oxygen atoms in total. The smallest absolute Gasteiger partial charge is 0.153 e. The molecule has 42 heavy (non-hydrogen) atoms. The Labute approximate surface area is 250 Å². The third-order valence-electron chi connectivity index (χ3n) is 8.48. The van der Waals surface area contributed by atoms with Crippen LogP contribution in [0.5, 0.6) is 0 Å². The maximum Gasteiger partial charge on any atom is 0.153 e. The van der Waals surface area contributed by atoms with Gasteiger partial charge in [-0.15, -0.1) is 0 Å². The molecule has 0 bridgehead atoms. The van der Waals surface area contributed by atoms with Crippen LogP contribution in [0, 0.1) is 0 Å². The number of aliphatic hydroxyl groups is 1. The van der Waals surface area contributed by atoms with Gasteiger partial charge in [0.1, 0.15) is 51.2 Å². The SMILES string of the molecule is OC(C[N+](Cc1ccccc1)(Cc1ccccc1)Cc1ccccc1)C[N+]1(Cc2ccccc2)C=Cc2ccccc21. The molecule has 6 rings (SSSR count). The lowest BCUT2D eigenvalue weighted by molar-refractivity contribution is -0.968. The van der Waals surface area contributed by atoms with E-state index < -0.39 is 6.10 Å². The Balaban J connectivity index is 1.37. The van der Waals surface area contributed by atoms with Crippen LogP contribution in [0.2, 0.25) is 0 Å². The van der Waals surface area contributed by atoms with Crippen molar-refractivity contribution in [2.24, 2.45) is 0 Å². The topological polar surface area (TPSA) is 20.2 Å². The molecule has 1 aliphatic rings. The molecule has 1 heterocycles. The molecule has 0 saturated heterocycles. The summed E-state index contributed by atoms with van der Waals surface area (Å²) in [6, 6.07) is 51.6. The first-order valence-corrected chi connectivity index (χ1v) is 15.0. The van der Waals surface area contributed by atoms with E-state index in [1.165, 1.54) is 33.5 Å². The van der Waals surface area contributed by atoms with Gasteiger partial charge in [-0.2, -0.15) is 0 Å². The number of hydrogen-bond donors (Lipinski definition) is 1. The molecule has 1 aliphatic heterocycles. The van der Waals surface area contributed by atoms with E-state index in [2.05, 4.69) is 158 Å². The van der Waals surface area contributed by atoms with Gasteiger partial charge in [0, 0.05) is 40.0 Å². The average molecular weight is 553 g/mol. The summed E-state index contributed by atoms with van der Waals surface area (Å²) < 4.78 is 1.35. The standard InChI is InChI=1S/C39H40N2O/c42-38(32-41(30-36-21-11-4-12-22-36)26-25-37-23-13-14-24-39(37)41)31-40(27-33-15-5-1-6-16-33,28-34-17-7-2-8-18-34)29-35-19-9-3-10-20-35/h1-26,38,42H,27-32H2/q+2. The summed E-state index contributed by atoms with van der Waals surface area (Å²) in [4.78, 5) is 0. The third-order valence-corrected chi connectivity index (χ3v) is 8.48. The fraction of sp³-hybridized carbons (Fsp3) is 0.179. The predicted octanol–water partition coefficient (Wildman–Crippen LogP) is 7.96. The molecule has 1 N–H and O–H groups in total. The van der Waals surface area contributed by atoms with Crippen molar-refractivity contribution in [3.63, 3.8) is 0 Å². The van der Waals surface area contributed by atoms with E-state index in [-0.39, 0.29) is 0 Å². The zero-order valence-electron chi connectivity index (χ0n) is 24.2. The van der Waals surface area contributed by atoms with Crippen molar-refractivity contribution in [1.29, 1.82) is 0 Å². The number of aliphatic hydroxyl groups excluding tert-OH is 1. The number of rotatable bonds is 12. The number of hydrogen-bond acceptors (Lipinski definition) is 1. The highest BCUT2D eigenvalue weighted by molar-refractivity contribution is 5.73. The summed E-state index contributed by atoms with van der Waals surface area (Å²) >= 11 is 0. The second-order valence-electron chi connectivity index (χ2n) is 11.8. The van der Waals surface area contributed by atoms with Gasteiger partial charge in [-0.1, -0.05) is 133 Å². The molecule has 0 aromatic heterocycles. The maximum absolute atomic E-state index is 12.2. The van der Waals surface area contributed by atoms with Crippen LogP contribution in [-0.4, -0.2) is 28.8 Å². The molecule has 0 saturated carbocycles. The molecule has 2 unspecified atom stereocenters. The molecular formula is C39H40N2O+2. The molecule has 3 heteroatoms. The molecule has 210 valence electrons. The van der Waals surface area contributed by atoms with Crippen LogP contribution in [0.3, 0.4) is 0 Å². The first-order chi connectivity index (χ1) is 20.6. The minimum Gasteiger partial charge on any atom is -0.382 e. The first kappa shape index (κ1) is 27.9. The molecule has 0 spiro atoms. The summed E-state index contributed by atoms with van der Waals surface area (Å²) in [5, 5.41) is 12.2. The van der Waals surface area contributed by atoms with Crippen molar-refractivity contribution < 1.29 is 9.59 Å². The van der Waals surface area contributed by atoms with E-state index in [1.807, 2.05) is 0 Å². The van der Waals surface area contributed by atoms with Gasteiger partial charge in [-0.05, 0) is 6.07 Å². The Bertz CT molecular complexity index is 1480. The number of para-hydroxylation sites is 1. The van der Waals surface area contributed by atoms with Gasteiger partial charge in [-0.3, -0.25) is 4.48 Å². The Morgan fingerprint density at radius 3 is 1.45 bits per heavy atom. The van der Waals surface area contributed by atoms with Crippen molar-refractivity contribution in [3.05, 3.63) is 180 Å². The van der Waals surface area contributed by atoms with Crippen molar-refractivity contribution in [2.45, 2.75) is 32.3 Å². The second-order valence-corrected chi connectivity index (χ2v) is 11.8. The van der Waals surface area contributed by atoms with Crippen molar-refractivity contribution in [3.8, 4) is 0 Å². The average Bonchev–Trinajstić information content (AvgIpc) is 3.36. The molecular weight excluding hydrogens is 512 g/mol. The quantitative estimate of drug-likeness (QED) is 0.156. The normalized spacial score (nSPS) is 16.7. The lowest BCUT2D eigenvalue weighted by atomic mass is 10.0.